The molecule has 0 unspecified atom stereocenters. The number of anilines is 3. The first-order valence-corrected chi connectivity index (χ1v) is 10.7. The number of benzene rings is 3. The Morgan fingerprint density at radius 2 is 1.00 bits per heavy atom. The van der Waals surface area contributed by atoms with Gasteiger partial charge in [0, 0.05) is 17.1 Å². The highest BCUT2D eigenvalue weighted by Gasteiger charge is 2.10. The summed E-state index contributed by atoms with van der Waals surface area (Å²) in [6.45, 7) is 0. The molecule has 0 aliphatic carbocycles. The smallest absolute Gasteiger partial charge is 0.411 e. The van der Waals surface area contributed by atoms with Gasteiger partial charge in [0.1, 0.15) is 0 Å². The summed E-state index contributed by atoms with van der Waals surface area (Å²) in [6.07, 6.45) is -0.403. The predicted molar refractivity (Wildman–Crippen MR) is 133 cm³/mol. The van der Waals surface area contributed by atoms with E-state index in [1.165, 1.54) is 21.3 Å². The van der Waals surface area contributed by atoms with Gasteiger partial charge in [0.05, 0.1) is 21.3 Å². The first-order chi connectivity index (χ1) is 16.9. The number of hydrogen-bond acceptors (Lipinski definition) is 6. The Morgan fingerprint density at radius 3 is 1.49 bits per heavy atom. The fourth-order valence-corrected chi connectivity index (χ4v) is 3.39. The van der Waals surface area contributed by atoms with Crippen LogP contribution in [-0.2, 0) is 27.1 Å². The molecular formula is C26H27N3O6. The van der Waals surface area contributed by atoms with Crippen LogP contribution in [0.5, 0.6) is 0 Å². The number of hydrogen-bond donors (Lipinski definition) is 3. The van der Waals surface area contributed by atoms with E-state index in [0.717, 1.165) is 22.3 Å². The molecule has 3 amide bonds. The van der Waals surface area contributed by atoms with Crippen molar-refractivity contribution in [3.63, 3.8) is 0 Å². The lowest BCUT2D eigenvalue weighted by atomic mass is 9.97. The van der Waals surface area contributed by atoms with Gasteiger partial charge in [-0.3, -0.25) is 16.0 Å². The number of rotatable bonds is 7. The molecule has 0 atom stereocenters. The molecule has 0 aromatic heterocycles. The number of methoxy groups -OCH3 is 3. The van der Waals surface area contributed by atoms with Crippen molar-refractivity contribution in [2.45, 2.75) is 12.8 Å². The van der Waals surface area contributed by atoms with Crippen LogP contribution in [0.3, 0.4) is 0 Å². The number of amides is 3. The summed E-state index contributed by atoms with van der Waals surface area (Å²) in [7, 11) is 3.93. The highest BCUT2D eigenvalue weighted by molar-refractivity contribution is 5.86. The van der Waals surface area contributed by atoms with Crippen LogP contribution in [0.1, 0.15) is 22.3 Å². The van der Waals surface area contributed by atoms with Crippen LogP contribution >= 0.6 is 0 Å². The van der Waals surface area contributed by atoms with Crippen molar-refractivity contribution < 1.29 is 28.6 Å². The zero-order valence-electron chi connectivity index (χ0n) is 19.7. The fourth-order valence-electron chi connectivity index (χ4n) is 3.39. The van der Waals surface area contributed by atoms with Crippen molar-refractivity contribution in [3.8, 4) is 0 Å². The summed E-state index contributed by atoms with van der Waals surface area (Å²) in [5, 5.41) is 8.00. The molecule has 0 bridgehead atoms. The summed E-state index contributed by atoms with van der Waals surface area (Å²) >= 11 is 0. The molecule has 3 aromatic rings. The maximum absolute atomic E-state index is 11.8. The third kappa shape index (κ3) is 7.50. The van der Waals surface area contributed by atoms with Crippen molar-refractivity contribution in [2.24, 2.45) is 0 Å². The average Bonchev–Trinajstić information content (AvgIpc) is 2.87. The van der Waals surface area contributed by atoms with Gasteiger partial charge in [-0.1, -0.05) is 36.4 Å². The van der Waals surface area contributed by atoms with E-state index in [2.05, 4.69) is 25.4 Å². The van der Waals surface area contributed by atoms with Crippen LogP contribution in [0.4, 0.5) is 31.4 Å². The Balaban J connectivity index is 1.79. The van der Waals surface area contributed by atoms with E-state index < -0.39 is 18.3 Å². The molecule has 3 aromatic carbocycles. The zero-order valence-corrected chi connectivity index (χ0v) is 19.7. The summed E-state index contributed by atoms with van der Waals surface area (Å²) in [5.41, 5.74) is 5.91. The number of nitrogens with one attached hydrogen (secondary N) is 3. The van der Waals surface area contributed by atoms with Gasteiger partial charge in [-0.15, -0.1) is 0 Å². The van der Waals surface area contributed by atoms with Gasteiger partial charge >= 0.3 is 18.3 Å². The Morgan fingerprint density at radius 1 is 0.571 bits per heavy atom. The van der Waals surface area contributed by atoms with Gasteiger partial charge in [-0.25, -0.2) is 14.4 Å². The van der Waals surface area contributed by atoms with E-state index in [0.29, 0.717) is 29.9 Å². The predicted octanol–water partition coefficient (Wildman–Crippen LogP) is 5.40. The van der Waals surface area contributed by atoms with E-state index in [4.69, 9.17) is 4.74 Å². The van der Waals surface area contributed by atoms with Gasteiger partial charge in [0.2, 0.25) is 0 Å². The van der Waals surface area contributed by atoms with Crippen LogP contribution < -0.4 is 16.0 Å². The largest absolute Gasteiger partial charge is 0.453 e. The molecule has 3 rings (SSSR count). The number of carbonyl (C=O) groups excluding carboxylic acids is 3. The highest BCUT2D eigenvalue weighted by atomic mass is 16.5. The summed E-state index contributed by atoms with van der Waals surface area (Å²) in [6, 6.07) is 20.7. The first kappa shape index (κ1) is 25.1. The van der Waals surface area contributed by atoms with Gasteiger partial charge in [-0.05, 0) is 65.4 Å². The minimum Gasteiger partial charge on any atom is -0.453 e. The molecule has 9 heteroatoms. The average molecular weight is 478 g/mol. The maximum Gasteiger partial charge on any atom is 0.411 e. The minimum atomic E-state index is -0.551. The Bertz CT molecular complexity index is 1180. The molecular weight excluding hydrogens is 450 g/mol. The lowest BCUT2D eigenvalue weighted by Crippen LogP contribution is -2.13. The van der Waals surface area contributed by atoms with Gasteiger partial charge in [0.15, 0.2) is 0 Å². The standard InChI is InChI=1S/C26H27N3O6/c1-33-24(30)27-21-9-4-17(5-10-21)14-19-8-13-23(29-26(32)35-3)20(16-19)15-18-6-11-22(12-7-18)28-25(31)34-2/h4-13,16H,14-15H2,1-3H3,(H,27,30)(H,28,31)(H,29,32). The molecule has 182 valence electrons. The molecule has 0 fully saturated rings. The zero-order chi connectivity index (χ0) is 25.2. The van der Waals surface area contributed by atoms with E-state index in [9.17, 15) is 14.4 Å². The topological polar surface area (TPSA) is 115 Å². The van der Waals surface area contributed by atoms with Crippen molar-refractivity contribution >= 4 is 35.3 Å². The van der Waals surface area contributed by atoms with Gasteiger partial charge < -0.3 is 14.2 Å². The van der Waals surface area contributed by atoms with E-state index in [1.807, 2.05) is 54.6 Å². The van der Waals surface area contributed by atoms with Gasteiger partial charge in [0.25, 0.3) is 0 Å². The van der Waals surface area contributed by atoms with Crippen molar-refractivity contribution in [2.75, 3.05) is 37.3 Å². The summed E-state index contributed by atoms with van der Waals surface area (Å²) in [5.74, 6) is 0. The second kappa shape index (κ2) is 12.1. The monoisotopic (exact) mass is 477 g/mol. The lowest BCUT2D eigenvalue weighted by molar-refractivity contribution is 0.186. The third-order valence-corrected chi connectivity index (χ3v) is 5.17. The fraction of sp³-hybridized carbons (Fsp3) is 0.192. The van der Waals surface area contributed by atoms with Crippen molar-refractivity contribution in [1.82, 2.24) is 0 Å². The van der Waals surface area contributed by atoms with Gasteiger partial charge in [-0.2, -0.15) is 0 Å². The quantitative estimate of drug-likeness (QED) is 0.392. The van der Waals surface area contributed by atoms with E-state index >= 15 is 0 Å². The van der Waals surface area contributed by atoms with E-state index in [1.54, 1.807) is 12.1 Å². The molecule has 0 aliphatic rings. The SMILES string of the molecule is COC(=O)Nc1ccc(Cc2ccc(NC(=O)OC)c(Cc3ccc(NC(=O)OC)cc3)c2)cc1. The molecule has 0 saturated heterocycles. The van der Waals surface area contributed by atoms with Crippen LogP contribution in [0.2, 0.25) is 0 Å². The van der Waals surface area contributed by atoms with Crippen LogP contribution in [-0.4, -0.2) is 39.6 Å². The molecule has 3 N–H and O–H groups in total. The van der Waals surface area contributed by atoms with Crippen LogP contribution in [0.25, 0.3) is 0 Å². The second-order valence-electron chi connectivity index (χ2n) is 7.59. The van der Waals surface area contributed by atoms with Crippen molar-refractivity contribution in [1.29, 1.82) is 0 Å². The molecule has 0 aliphatic heterocycles. The molecule has 0 saturated carbocycles. The van der Waals surface area contributed by atoms with Crippen LogP contribution in [0.15, 0.2) is 66.7 Å². The minimum absolute atomic E-state index is 0.523. The molecule has 35 heavy (non-hydrogen) atoms. The Kier molecular flexibility index (Phi) is 8.66. The highest BCUT2D eigenvalue weighted by Crippen LogP contribution is 2.24. The number of ether oxygens (including phenoxy) is 3. The summed E-state index contributed by atoms with van der Waals surface area (Å²) in [4.78, 5) is 34.6. The Hall–Kier alpha value is -4.53. The molecule has 0 radical (unpaired) electrons. The van der Waals surface area contributed by atoms with E-state index in [-0.39, 0.29) is 0 Å². The maximum atomic E-state index is 11.8. The molecule has 0 spiro atoms. The van der Waals surface area contributed by atoms with Crippen LogP contribution in [0, 0.1) is 0 Å². The molecule has 0 heterocycles. The van der Waals surface area contributed by atoms with Crippen molar-refractivity contribution in [3.05, 3.63) is 89.0 Å². The number of carbonyl (C=O) groups is 3. The second-order valence-corrected chi connectivity index (χ2v) is 7.59. The summed E-state index contributed by atoms with van der Waals surface area (Å²) < 4.78 is 14.0. The first-order valence-electron chi connectivity index (χ1n) is 10.7. The lowest BCUT2D eigenvalue weighted by Gasteiger charge is -2.14. The Labute approximate surface area is 203 Å². The third-order valence-electron chi connectivity index (χ3n) is 5.17. The molecule has 9 nitrogen and oxygen atoms in total. The normalized spacial score (nSPS) is 10.1.